The maximum atomic E-state index is 3.86. The van der Waals surface area contributed by atoms with Gasteiger partial charge in [0, 0.05) is 12.6 Å². The second-order valence-electron chi connectivity index (χ2n) is 1.90. The van der Waals surface area contributed by atoms with Crippen LogP contribution in [-0.4, -0.2) is 12.3 Å². The van der Waals surface area contributed by atoms with Crippen LogP contribution < -0.4 is 5.43 Å². The summed E-state index contributed by atoms with van der Waals surface area (Å²) in [7, 11) is 0. The zero-order valence-electron chi connectivity index (χ0n) is 4.80. The topological polar surface area (TPSA) is 24.4 Å². The third kappa shape index (κ3) is 1.09. The SMILES string of the molecule is C=CCC1CC=NN1. The van der Waals surface area contributed by atoms with E-state index in [1.54, 1.807) is 0 Å². The van der Waals surface area contributed by atoms with Crippen LogP contribution in [0.2, 0.25) is 0 Å². The van der Waals surface area contributed by atoms with E-state index in [0.29, 0.717) is 6.04 Å². The Morgan fingerprint density at radius 3 is 3.38 bits per heavy atom. The third-order valence-corrected chi connectivity index (χ3v) is 1.19. The largest absolute Gasteiger partial charge is 0.307 e. The zero-order chi connectivity index (χ0) is 5.82. The molecule has 0 aromatic heterocycles. The Labute approximate surface area is 49.3 Å². The van der Waals surface area contributed by atoms with Crippen molar-refractivity contribution in [3.8, 4) is 0 Å². The number of hydrogen-bond acceptors (Lipinski definition) is 2. The minimum absolute atomic E-state index is 0.521. The first-order chi connectivity index (χ1) is 3.93. The molecular weight excluding hydrogens is 100 g/mol. The van der Waals surface area contributed by atoms with Crippen molar-refractivity contribution >= 4 is 6.21 Å². The number of hydrazone groups is 1. The van der Waals surface area contributed by atoms with Crippen LogP contribution >= 0.6 is 0 Å². The van der Waals surface area contributed by atoms with Gasteiger partial charge in [0.2, 0.25) is 0 Å². The first kappa shape index (κ1) is 5.35. The van der Waals surface area contributed by atoms with Gasteiger partial charge < -0.3 is 5.43 Å². The van der Waals surface area contributed by atoms with E-state index in [2.05, 4.69) is 17.1 Å². The highest BCUT2D eigenvalue weighted by atomic mass is 15.3. The Balaban J connectivity index is 2.19. The lowest BCUT2D eigenvalue weighted by Gasteiger charge is -2.02. The molecule has 1 unspecified atom stereocenters. The van der Waals surface area contributed by atoms with Crippen LogP contribution in [0.1, 0.15) is 12.8 Å². The summed E-state index contributed by atoms with van der Waals surface area (Å²) in [5, 5.41) is 3.86. The van der Waals surface area contributed by atoms with Crippen LogP contribution in [0.15, 0.2) is 17.8 Å². The van der Waals surface area contributed by atoms with Gasteiger partial charge in [-0.15, -0.1) is 6.58 Å². The van der Waals surface area contributed by atoms with Crippen molar-refractivity contribution in [3.63, 3.8) is 0 Å². The molecule has 0 radical (unpaired) electrons. The Morgan fingerprint density at radius 2 is 2.88 bits per heavy atom. The fraction of sp³-hybridized carbons (Fsp3) is 0.500. The van der Waals surface area contributed by atoms with Crippen molar-refractivity contribution in [1.29, 1.82) is 0 Å². The van der Waals surface area contributed by atoms with Crippen LogP contribution in [0, 0.1) is 0 Å². The summed E-state index contributed by atoms with van der Waals surface area (Å²) in [5.41, 5.74) is 2.96. The highest BCUT2D eigenvalue weighted by molar-refractivity contribution is 5.59. The zero-order valence-corrected chi connectivity index (χ0v) is 4.80. The fourth-order valence-electron chi connectivity index (χ4n) is 0.741. The molecule has 1 atom stereocenters. The van der Waals surface area contributed by atoms with Gasteiger partial charge in [-0.1, -0.05) is 6.08 Å². The Hall–Kier alpha value is -0.790. The van der Waals surface area contributed by atoms with Crippen LogP contribution in [0.4, 0.5) is 0 Å². The molecule has 0 aromatic rings. The van der Waals surface area contributed by atoms with Crippen molar-refractivity contribution in [1.82, 2.24) is 5.43 Å². The van der Waals surface area contributed by atoms with Crippen molar-refractivity contribution in [3.05, 3.63) is 12.7 Å². The predicted octanol–water partition coefficient (Wildman–Crippen LogP) is 0.910. The molecule has 1 aliphatic rings. The molecule has 44 valence electrons. The summed E-state index contributed by atoms with van der Waals surface area (Å²) in [5.74, 6) is 0. The summed E-state index contributed by atoms with van der Waals surface area (Å²) in [6.45, 7) is 3.63. The Bertz CT molecular complexity index is 99.1. The van der Waals surface area contributed by atoms with E-state index in [-0.39, 0.29) is 0 Å². The molecule has 0 bridgehead atoms. The quantitative estimate of drug-likeness (QED) is 0.525. The molecule has 0 aliphatic carbocycles. The van der Waals surface area contributed by atoms with E-state index >= 15 is 0 Å². The van der Waals surface area contributed by atoms with Gasteiger partial charge in [0.1, 0.15) is 0 Å². The van der Waals surface area contributed by atoms with Gasteiger partial charge in [-0.25, -0.2) is 0 Å². The van der Waals surface area contributed by atoms with Crippen molar-refractivity contribution in [2.75, 3.05) is 0 Å². The first-order valence-corrected chi connectivity index (χ1v) is 2.81. The molecule has 0 aromatic carbocycles. The first-order valence-electron chi connectivity index (χ1n) is 2.81. The smallest absolute Gasteiger partial charge is 0.0524 e. The summed E-state index contributed by atoms with van der Waals surface area (Å²) >= 11 is 0. The standard InChI is InChI=1S/C6H10N2/c1-2-3-6-4-5-7-8-6/h2,5-6,8H,1,3-4H2. The van der Waals surface area contributed by atoms with Gasteiger partial charge in [0.15, 0.2) is 0 Å². The predicted molar refractivity (Wildman–Crippen MR) is 34.8 cm³/mol. The van der Waals surface area contributed by atoms with E-state index in [1.165, 1.54) is 0 Å². The minimum Gasteiger partial charge on any atom is -0.307 e. The molecule has 0 saturated heterocycles. The average molecular weight is 110 g/mol. The minimum atomic E-state index is 0.521. The normalized spacial score (nSPS) is 25.2. The number of nitrogens with one attached hydrogen (secondary N) is 1. The Kier molecular flexibility index (Phi) is 1.67. The molecule has 0 spiro atoms. The monoisotopic (exact) mass is 110 g/mol. The lowest BCUT2D eigenvalue weighted by atomic mass is 10.2. The van der Waals surface area contributed by atoms with Gasteiger partial charge in [0.05, 0.1) is 6.04 Å². The second-order valence-corrected chi connectivity index (χ2v) is 1.90. The van der Waals surface area contributed by atoms with E-state index in [4.69, 9.17) is 0 Å². The van der Waals surface area contributed by atoms with E-state index < -0.39 is 0 Å². The molecule has 8 heavy (non-hydrogen) atoms. The maximum absolute atomic E-state index is 3.86. The van der Waals surface area contributed by atoms with Gasteiger partial charge in [-0.3, -0.25) is 0 Å². The lowest BCUT2D eigenvalue weighted by Crippen LogP contribution is -2.17. The molecule has 1 heterocycles. The van der Waals surface area contributed by atoms with E-state index in [0.717, 1.165) is 12.8 Å². The Morgan fingerprint density at radius 1 is 2.00 bits per heavy atom. The van der Waals surface area contributed by atoms with Crippen molar-refractivity contribution < 1.29 is 0 Å². The third-order valence-electron chi connectivity index (χ3n) is 1.19. The molecule has 1 N–H and O–H groups in total. The summed E-state index contributed by atoms with van der Waals surface area (Å²) in [4.78, 5) is 0. The number of nitrogens with zero attached hydrogens (tertiary/aromatic N) is 1. The van der Waals surface area contributed by atoms with Crippen molar-refractivity contribution in [2.45, 2.75) is 18.9 Å². The number of rotatable bonds is 2. The van der Waals surface area contributed by atoms with Gasteiger partial charge in [0.25, 0.3) is 0 Å². The van der Waals surface area contributed by atoms with Gasteiger partial charge in [-0.2, -0.15) is 5.10 Å². The molecule has 1 rings (SSSR count). The highest BCUT2D eigenvalue weighted by Crippen LogP contribution is 2.00. The summed E-state index contributed by atoms with van der Waals surface area (Å²) in [6, 6.07) is 0.521. The van der Waals surface area contributed by atoms with Crippen LogP contribution in [-0.2, 0) is 0 Å². The van der Waals surface area contributed by atoms with Crippen molar-refractivity contribution in [2.24, 2.45) is 5.10 Å². The number of hydrogen-bond donors (Lipinski definition) is 1. The molecule has 0 fully saturated rings. The second kappa shape index (κ2) is 2.50. The average Bonchev–Trinajstić information content (AvgIpc) is 2.19. The van der Waals surface area contributed by atoms with E-state index in [9.17, 15) is 0 Å². The molecule has 0 amide bonds. The van der Waals surface area contributed by atoms with Crippen LogP contribution in [0.5, 0.6) is 0 Å². The lowest BCUT2D eigenvalue weighted by molar-refractivity contribution is 0.592. The van der Waals surface area contributed by atoms with Crippen LogP contribution in [0.25, 0.3) is 0 Å². The fourth-order valence-corrected chi connectivity index (χ4v) is 0.741. The molecule has 0 saturated carbocycles. The van der Waals surface area contributed by atoms with Gasteiger partial charge in [-0.05, 0) is 6.42 Å². The molecule has 1 aliphatic heterocycles. The molecule has 2 nitrogen and oxygen atoms in total. The summed E-state index contributed by atoms with van der Waals surface area (Å²) in [6.07, 6.45) is 5.87. The maximum Gasteiger partial charge on any atom is 0.0524 e. The van der Waals surface area contributed by atoms with Gasteiger partial charge >= 0.3 is 0 Å². The highest BCUT2D eigenvalue weighted by Gasteiger charge is 2.06. The molecule has 2 heteroatoms. The summed E-state index contributed by atoms with van der Waals surface area (Å²) < 4.78 is 0. The van der Waals surface area contributed by atoms with E-state index in [1.807, 2.05) is 12.3 Å². The molecular formula is C6H10N2. The van der Waals surface area contributed by atoms with Crippen LogP contribution in [0.3, 0.4) is 0 Å².